The number of allylic oxidation sites excluding steroid dienone is 1. The minimum absolute atomic E-state index is 0.0370. The zero-order valence-electron chi connectivity index (χ0n) is 8.74. The first kappa shape index (κ1) is 9.13. The highest BCUT2D eigenvalue weighted by Crippen LogP contribution is 2.39. The molecule has 0 N–H and O–H groups in total. The summed E-state index contributed by atoms with van der Waals surface area (Å²) in [6.45, 7) is 0.789. The fourth-order valence-electron chi connectivity index (χ4n) is 3.19. The first-order valence-electron chi connectivity index (χ1n) is 5.79. The van der Waals surface area contributed by atoms with E-state index in [9.17, 15) is 9.59 Å². The lowest BCUT2D eigenvalue weighted by Gasteiger charge is -2.38. The van der Waals surface area contributed by atoms with Crippen LogP contribution in [-0.2, 0) is 9.59 Å². The van der Waals surface area contributed by atoms with Gasteiger partial charge in [0.25, 0.3) is 0 Å². The van der Waals surface area contributed by atoms with Crippen molar-refractivity contribution in [3.05, 3.63) is 11.6 Å². The van der Waals surface area contributed by atoms with Gasteiger partial charge in [-0.25, -0.2) is 0 Å². The molecule has 2 heterocycles. The molecular weight excluding hydrogens is 190 g/mol. The van der Waals surface area contributed by atoms with Gasteiger partial charge in [0.05, 0.1) is 6.42 Å². The third kappa shape index (κ3) is 1.25. The molecule has 2 fully saturated rings. The maximum absolute atomic E-state index is 11.8. The highest BCUT2D eigenvalue weighted by Gasteiger charge is 2.45. The summed E-state index contributed by atoms with van der Waals surface area (Å²) in [5.74, 6) is 0.739. The summed E-state index contributed by atoms with van der Waals surface area (Å²) >= 11 is 0. The van der Waals surface area contributed by atoms with Crippen LogP contribution in [0.1, 0.15) is 32.1 Å². The summed E-state index contributed by atoms with van der Waals surface area (Å²) < 4.78 is 0. The van der Waals surface area contributed by atoms with Gasteiger partial charge in [-0.2, -0.15) is 0 Å². The van der Waals surface area contributed by atoms with E-state index in [1.54, 1.807) is 4.90 Å². The topological polar surface area (TPSA) is 37.4 Å². The minimum Gasteiger partial charge on any atom is -0.328 e. The van der Waals surface area contributed by atoms with Crippen LogP contribution in [0.2, 0.25) is 0 Å². The Kier molecular flexibility index (Phi) is 1.94. The van der Waals surface area contributed by atoms with Crippen molar-refractivity contribution in [1.82, 2.24) is 4.90 Å². The van der Waals surface area contributed by atoms with Gasteiger partial charge in [-0.1, -0.05) is 6.08 Å². The van der Waals surface area contributed by atoms with Crippen LogP contribution in [0.3, 0.4) is 0 Å². The lowest BCUT2D eigenvalue weighted by atomic mass is 9.78. The molecule has 15 heavy (non-hydrogen) atoms. The van der Waals surface area contributed by atoms with Crippen molar-refractivity contribution in [2.45, 2.75) is 38.1 Å². The van der Waals surface area contributed by atoms with E-state index in [0.29, 0.717) is 5.92 Å². The molecule has 0 spiro atoms. The third-order valence-corrected chi connectivity index (χ3v) is 3.90. The Morgan fingerprint density at radius 1 is 1.27 bits per heavy atom. The van der Waals surface area contributed by atoms with Crippen molar-refractivity contribution < 1.29 is 9.59 Å². The predicted molar refractivity (Wildman–Crippen MR) is 55.2 cm³/mol. The highest BCUT2D eigenvalue weighted by molar-refractivity contribution is 6.09. The van der Waals surface area contributed by atoms with Crippen LogP contribution in [0.15, 0.2) is 11.6 Å². The Labute approximate surface area is 89.1 Å². The van der Waals surface area contributed by atoms with Crippen LogP contribution in [0, 0.1) is 5.92 Å². The number of nitrogens with zero attached hydrogens (tertiary/aromatic N) is 1. The summed E-state index contributed by atoms with van der Waals surface area (Å²) in [5, 5.41) is 0. The number of hydrogen-bond donors (Lipinski definition) is 0. The van der Waals surface area contributed by atoms with E-state index in [1.807, 2.05) is 0 Å². The van der Waals surface area contributed by atoms with Gasteiger partial charge in [-0.15, -0.1) is 0 Å². The first-order chi connectivity index (χ1) is 7.27. The molecule has 80 valence electrons. The number of carbonyl (C=O) groups excluding carboxylic acids is 2. The average Bonchev–Trinajstić information content (AvgIpc) is 2.55. The number of rotatable bonds is 0. The molecule has 0 radical (unpaired) electrons. The molecular formula is C12H15NO2. The van der Waals surface area contributed by atoms with Crippen LogP contribution in [0.4, 0.5) is 0 Å². The number of Topliss-reactive ketones (excluding diaryl/α,β-unsaturated/α-hetero) is 1. The molecule has 0 saturated carbocycles. The molecule has 0 aromatic carbocycles. The van der Waals surface area contributed by atoms with E-state index in [-0.39, 0.29) is 24.2 Å². The number of amides is 1. The van der Waals surface area contributed by atoms with Crippen molar-refractivity contribution in [2.75, 3.05) is 6.54 Å². The molecule has 3 rings (SSSR count). The van der Waals surface area contributed by atoms with Crippen LogP contribution >= 0.6 is 0 Å². The normalized spacial score (nSPS) is 34.9. The van der Waals surface area contributed by atoms with Crippen molar-refractivity contribution in [2.24, 2.45) is 5.92 Å². The molecule has 2 atom stereocenters. The Balaban J connectivity index is 1.98. The van der Waals surface area contributed by atoms with Gasteiger partial charge in [0.2, 0.25) is 5.91 Å². The summed E-state index contributed by atoms with van der Waals surface area (Å²) in [4.78, 5) is 25.1. The SMILES string of the molecule is O=C1CC(=O)N2CCC3CCCC=C3C12. The molecule has 1 amide bonds. The van der Waals surface area contributed by atoms with E-state index >= 15 is 0 Å². The van der Waals surface area contributed by atoms with Gasteiger partial charge < -0.3 is 4.90 Å². The first-order valence-corrected chi connectivity index (χ1v) is 5.79. The average molecular weight is 205 g/mol. The van der Waals surface area contributed by atoms with Gasteiger partial charge in [0.1, 0.15) is 6.04 Å². The van der Waals surface area contributed by atoms with Gasteiger partial charge in [0.15, 0.2) is 5.78 Å². The largest absolute Gasteiger partial charge is 0.328 e. The number of fused-ring (bicyclic) bond motifs is 3. The second-order valence-electron chi connectivity index (χ2n) is 4.75. The Bertz CT molecular complexity index is 359. The molecule has 0 aromatic rings. The summed E-state index contributed by atoms with van der Waals surface area (Å²) in [7, 11) is 0. The van der Waals surface area contributed by atoms with Gasteiger partial charge in [-0.3, -0.25) is 9.59 Å². The fraction of sp³-hybridized carbons (Fsp3) is 0.667. The minimum atomic E-state index is -0.170. The van der Waals surface area contributed by atoms with E-state index in [4.69, 9.17) is 0 Å². The van der Waals surface area contributed by atoms with Gasteiger partial charge in [0, 0.05) is 6.54 Å². The number of hydrogen-bond acceptors (Lipinski definition) is 2. The monoisotopic (exact) mass is 205 g/mol. The van der Waals surface area contributed by atoms with Gasteiger partial charge in [-0.05, 0) is 37.2 Å². The van der Waals surface area contributed by atoms with E-state index in [0.717, 1.165) is 19.4 Å². The molecule has 2 unspecified atom stereocenters. The molecule has 0 bridgehead atoms. The smallest absolute Gasteiger partial charge is 0.230 e. The van der Waals surface area contributed by atoms with Crippen molar-refractivity contribution in [1.29, 1.82) is 0 Å². The lowest BCUT2D eigenvalue weighted by molar-refractivity contribution is -0.129. The van der Waals surface area contributed by atoms with E-state index < -0.39 is 0 Å². The molecule has 2 saturated heterocycles. The lowest BCUT2D eigenvalue weighted by Crippen LogP contribution is -2.45. The summed E-state index contributed by atoms with van der Waals surface area (Å²) in [5.41, 5.74) is 1.25. The van der Waals surface area contributed by atoms with Crippen LogP contribution in [0.5, 0.6) is 0 Å². The standard InChI is InChI=1S/C12H15NO2/c14-10-7-11(15)13-6-5-8-3-1-2-4-9(8)12(10)13/h4,8,12H,1-3,5-7H2. The quantitative estimate of drug-likeness (QED) is 0.441. The van der Waals surface area contributed by atoms with Crippen molar-refractivity contribution in [3.8, 4) is 0 Å². The number of carbonyl (C=O) groups is 2. The molecule has 3 nitrogen and oxygen atoms in total. The Hall–Kier alpha value is -1.12. The second kappa shape index (κ2) is 3.19. The van der Waals surface area contributed by atoms with Crippen LogP contribution in [-0.4, -0.2) is 29.2 Å². The summed E-state index contributed by atoms with van der Waals surface area (Å²) in [6.07, 6.45) is 6.93. The van der Waals surface area contributed by atoms with E-state index in [2.05, 4.69) is 6.08 Å². The Morgan fingerprint density at radius 2 is 2.13 bits per heavy atom. The van der Waals surface area contributed by atoms with E-state index in [1.165, 1.54) is 18.4 Å². The predicted octanol–water partition coefficient (Wildman–Crippen LogP) is 1.29. The molecule has 3 heteroatoms. The van der Waals surface area contributed by atoms with Crippen LogP contribution in [0.25, 0.3) is 0 Å². The van der Waals surface area contributed by atoms with Crippen LogP contribution < -0.4 is 0 Å². The molecule has 2 aliphatic heterocycles. The van der Waals surface area contributed by atoms with Crippen molar-refractivity contribution in [3.63, 3.8) is 0 Å². The zero-order valence-corrected chi connectivity index (χ0v) is 8.74. The maximum atomic E-state index is 11.8. The summed E-state index contributed by atoms with van der Waals surface area (Å²) in [6, 6.07) is -0.170. The third-order valence-electron chi connectivity index (χ3n) is 3.90. The number of piperidine rings is 1. The zero-order chi connectivity index (χ0) is 10.4. The Morgan fingerprint density at radius 3 is 3.00 bits per heavy atom. The second-order valence-corrected chi connectivity index (χ2v) is 4.75. The van der Waals surface area contributed by atoms with Gasteiger partial charge >= 0.3 is 0 Å². The van der Waals surface area contributed by atoms with Crippen molar-refractivity contribution >= 4 is 11.7 Å². The molecule has 3 aliphatic rings. The fourth-order valence-corrected chi connectivity index (χ4v) is 3.19. The maximum Gasteiger partial charge on any atom is 0.230 e. The molecule has 0 aromatic heterocycles. The number of ketones is 1. The molecule has 1 aliphatic carbocycles. The highest BCUT2D eigenvalue weighted by atomic mass is 16.2.